The molecule has 6 nitrogen and oxygen atoms in total. The molecule has 1 aliphatic heterocycles. The van der Waals surface area contributed by atoms with E-state index in [4.69, 9.17) is 4.74 Å². The molecule has 1 N–H and O–H groups in total. The van der Waals surface area contributed by atoms with Gasteiger partial charge in [0.2, 0.25) is 5.95 Å². The SMILES string of the molecule is CCCc1cc(C(F)(F)F)ccc1[C@H]1CCOc2cc(S(=O)(=O)Nc3ncc(F)cn3)ccc21. The number of ether oxygens (including phenoxy) is 1. The fourth-order valence-electron chi connectivity index (χ4n) is 4.01. The highest BCUT2D eigenvalue weighted by molar-refractivity contribution is 7.92. The van der Waals surface area contributed by atoms with Gasteiger partial charge < -0.3 is 4.74 Å². The first-order valence-corrected chi connectivity index (χ1v) is 12.0. The predicted molar refractivity (Wildman–Crippen MR) is 117 cm³/mol. The third kappa shape index (κ3) is 4.98. The van der Waals surface area contributed by atoms with Crippen molar-refractivity contribution in [2.24, 2.45) is 0 Å². The van der Waals surface area contributed by atoms with E-state index in [0.29, 0.717) is 36.1 Å². The molecule has 1 aromatic heterocycles. The van der Waals surface area contributed by atoms with Crippen molar-refractivity contribution in [3.63, 3.8) is 0 Å². The van der Waals surface area contributed by atoms with Gasteiger partial charge in [0.25, 0.3) is 10.0 Å². The van der Waals surface area contributed by atoms with Crippen LogP contribution in [0.4, 0.5) is 23.5 Å². The lowest BCUT2D eigenvalue weighted by molar-refractivity contribution is -0.137. The Morgan fingerprint density at radius 3 is 2.47 bits per heavy atom. The number of rotatable bonds is 6. The molecule has 0 spiro atoms. The number of fused-ring (bicyclic) bond motifs is 1. The van der Waals surface area contributed by atoms with Gasteiger partial charge in [0, 0.05) is 17.5 Å². The average Bonchev–Trinajstić information content (AvgIpc) is 2.79. The van der Waals surface area contributed by atoms with Crippen LogP contribution in [0.15, 0.2) is 53.7 Å². The number of anilines is 1. The standard InChI is InChI=1S/C23H21F4N3O3S/c1-2-3-14-10-15(23(25,26)27)4-6-18(14)19-8-9-33-21-11-17(5-7-20(19)21)34(31,32)30-22-28-12-16(24)13-29-22/h4-7,10-13,19H,2-3,8-9H2,1H3,(H,28,29,30)/t19-/m1/s1. The molecule has 2 aromatic carbocycles. The molecule has 0 fully saturated rings. The maximum absolute atomic E-state index is 13.2. The molecule has 3 aromatic rings. The van der Waals surface area contributed by atoms with Gasteiger partial charge in [-0.3, -0.25) is 0 Å². The minimum Gasteiger partial charge on any atom is -0.493 e. The summed E-state index contributed by atoms with van der Waals surface area (Å²) in [4.78, 5) is 7.07. The van der Waals surface area contributed by atoms with E-state index in [2.05, 4.69) is 14.7 Å². The van der Waals surface area contributed by atoms with Gasteiger partial charge in [-0.25, -0.2) is 27.5 Å². The van der Waals surface area contributed by atoms with Crippen LogP contribution in [-0.2, 0) is 22.6 Å². The second-order valence-corrected chi connectivity index (χ2v) is 9.56. The zero-order valence-electron chi connectivity index (χ0n) is 18.1. The second-order valence-electron chi connectivity index (χ2n) is 7.88. The summed E-state index contributed by atoms with van der Waals surface area (Å²) < 4.78 is 86.1. The zero-order chi connectivity index (χ0) is 24.5. The van der Waals surface area contributed by atoms with Crippen LogP contribution in [-0.4, -0.2) is 25.0 Å². The molecule has 1 atom stereocenters. The van der Waals surface area contributed by atoms with Gasteiger partial charge in [0.1, 0.15) is 5.75 Å². The van der Waals surface area contributed by atoms with E-state index in [-0.39, 0.29) is 23.4 Å². The lowest BCUT2D eigenvalue weighted by Gasteiger charge is -2.28. The van der Waals surface area contributed by atoms with E-state index < -0.39 is 27.6 Å². The number of hydrogen-bond acceptors (Lipinski definition) is 5. The average molecular weight is 495 g/mol. The number of alkyl halides is 3. The molecule has 0 saturated carbocycles. The van der Waals surface area contributed by atoms with Gasteiger partial charge in [-0.05, 0) is 42.2 Å². The summed E-state index contributed by atoms with van der Waals surface area (Å²) in [6.45, 7) is 2.18. The number of benzene rings is 2. The summed E-state index contributed by atoms with van der Waals surface area (Å²) in [5, 5.41) is 0. The smallest absolute Gasteiger partial charge is 0.416 e. The number of nitrogens with zero attached hydrogens (tertiary/aromatic N) is 2. The van der Waals surface area contributed by atoms with E-state index in [1.165, 1.54) is 24.3 Å². The molecular weight excluding hydrogens is 474 g/mol. The minimum atomic E-state index is -4.43. The van der Waals surface area contributed by atoms with Crippen LogP contribution in [0, 0.1) is 5.82 Å². The van der Waals surface area contributed by atoms with Crippen molar-refractivity contribution in [2.75, 3.05) is 11.3 Å². The number of aryl methyl sites for hydroxylation is 1. The monoisotopic (exact) mass is 495 g/mol. The van der Waals surface area contributed by atoms with Gasteiger partial charge in [-0.15, -0.1) is 0 Å². The van der Waals surface area contributed by atoms with Crippen LogP contribution in [0.25, 0.3) is 0 Å². The fraction of sp³-hybridized carbons (Fsp3) is 0.304. The highest BCUT2D eigenvalue weighted by Crippen LogP contribution is 2.42. The van der Waals surface area contributed by atoms with Gasteiger partial charge in [-0.2, -0.15) is 13.2 Å². The number of halogens is 4. The molecule has 0 amide bonds. The molecule has 4 rings (SSSR count). The normalized spacial score (nSPS) is 16.0. The molecule has 0 radical (unpaired) electrons. The van der Waals surface area contributed by atoms with E-state index in [9.17, 15) is 26.0 Å². The van der Waals surface area contributed by atoms with Crippen molar-refractivity contribution < 1.29 is 30.7 Å². The highest BCUT2D eigenvalue weighted by Gasteiger charge is 2.33. The molecule has 0 bridgehead atoms. The summed E-state index contributed by atoms with van der Waals surface area (Å²) in [5.41, 5.74) is 1.39. The van der Waals surface area contributed by atoms with Crippen LogP contribution in [0.3, 0.4) is 0 Å². The van der Waals surface area contributed by atoms with E-state index >= 15 is 0 Å². The van der Waals surface area contributed by atoms with E-state index in [1.54, 1.807) is 6.07 Å². The number of sulfonamides is 1. The zero-order valence-corrected chi connectivity index (χ0v) is 18.9. The molecule has 2 heterocycles. The first-order valence-electron chi connectivity index (χ1n) is 10.6. The molecule has 180 valence electrons. The largest absolute Gasteiger partial charge is 0.493 e. The molecule has 0 aliphatic carbocycles. The predicted octanol–water partition coefficient (Wildman–Crippen LogP) is 5.30. The van der Waals surface area contributed by atoms with Crippen LogP contribution in [0.5, 0.6) is 5.75 Å². The Labute approximate surface area is 194 Å². The van der Waals surface area contributed by atoms with Crippen molar-refractivity contribution in [1.82, 2.24) is 9.97 Å². The van der Waals surface area contributed by atoms with Crippen molar-refractivity contribution in [3.05, 3.63) is 76.9 Å². The summed E-state index contributed by atoms with van der Waals surface area (Å²) in [5.74, 6) is -0.895. The Hall–Kier alpha value is -3.21. The summed E-state index contributed by atoms with van der Waals surface area (Å²) in [6, 6.07) is 8.12. The highest BCUT2D eigenvalue weighted by atomic mass is 32.2. The van der Waals surface area contributed by atoms with Crippen LogP contribution >= 0.6 is 0 Å². The van der Waals surface area contributed by atoms with Crippen LogP contribution < -0.4 is 9.46 Å². The Morgan fingerprint density at radius 2 is 1.79 bits per heavy atom. The van der Waals surface area contributed by atoms with Gasteiger partial charge in [-0.1, -0.05) is 25.5 Å². The third-order valence-electron chi connectivity index (χ3n) is 5.55. The molecule has 1 aliphatic rings. The lowest BCUT2D eigenvalue weighted by atomic mass is 9.82. The summed E-state index contributed by atoms with van der Waals surface area (Å²) in [7, 11) is -4.08. The Balaban J connectivity index is 1.68. The maximum Gasteiger partial charge on any atom is 0.416 e. The van der Waals surface area contributed by atoms with E-state index in [0.717, 1.165) is 24.0 Å². The maximum atomic E-state index is 13.2. The minimum absolute atomic E-state index is 0.110. The van der Waals surface area contributed by atoms with Crippen molar-refractivity contribution in [3.8, 4) is 5.75 Å². The van der Waals surface area contributed by atoms with E-state index in [1.807, 2.05) is 6.92 Å². The van der Waals surface area contributed by atoms with Crippen molar-refractivity contribution in [1.29, 1.82) is 0 Å². The Bertz CT molecular complexity index is 1300. The van der Waals surface area contributed by atoms with Crippen LogP contribution in [0.1, 0.15) is 47.9 Å². The number of hydrogen-bond donors (Lipinski definition) is 1. The fourth-order valence-corrected chi connectivity index (χ4v) is 4.98. The second kappa shape index (κ2) is 9.21. The summed E-state index contributed by atoms with van der Waals surface area (Å²) >= 11 is 0. The molecule has 11 heteroatoms. The van der Waals surface area contributed by atoms with Gasteiger partial charge in [0.05, 0.1) is 29.5 Å². The number of aromatic nitrogens is 2. The molecule has 0 saturated heterocycles. The third-order valence-corrected chi connectivity index (χ3v) is 6.87. The quantitative estimate of drug-likeness (QED) is 0.470. The molecule has 34 heavy (non-hydrogen) atoms. The van der Waals surface area contributed by atoms with Crippen LogP contribution in [0.2, 0.25) is 0 Å². The summed E-state index contributed by atoms with van der Waals surface area (Å²) in [6.07, 6.45) is -1.05. The first kappa shape index (κ1) is 23.9. The van der Waals surface area contributed by atoms with Gasteiger partial charge >= 0.3 is 6.18 Å². The van der Waals surface area contributed by atoms with Gasteiger partial charge in [0.15, 0.2) is 5.82 Å². The van der Waals surface area contributed by atoms with Crippen molar-refractivity contribution in [2.45, 2.75) is 43.2 Å². The lowest BCUT2D eigenvalue weighted by Crippen LogP contribution is -2.19. The molecular formula is C23H21F4N3O3S. The Morgan fingerprint density at radius 1 is 1.09 bits per heavy atom. The number of nitrogens with one attached hydrogen (secondary N) is 1. The first-order chi connectivity index (χ1) is 16.1. The Kier molecular flexibility index (Phi) is 6.48. The topological polar surface area (TPSA) is 81.2 Å². The molecule has 0 unspecified atom stereocenters. The van der Waals surface area contributed by atoms with Crippen molar-refractivity contribution >= 4 is 16.0 Å².